The van der Waals surface area contributed by atoms with E-state index in [0.29, 0.717) is 30.2 Å². The van der Waals surface area contributed by atoms with Crippen molar-refractivity contribution in [3.63, 3.8) is 0 Å². The van der Waals surface area contributed by atoms with Gasteiger partial charge in [-0.3, -0.25) is 0 Å². The van der Waals surface area contributed by atoms with Crippen LogP contribution in [-0.2, 0) is 4.74 Å². The van der Waals surface area contributed by atoms with Crippen molar-refractivity contribution in [2.75, 3.05) is 13.2 Å². The molecule has 0 bridgehead atoms. The Bertz CT molecular complexity index is 288. The number of hydrogen-bond acceptors (Lipinski definition) is 3. The molecule has 18 heavy (non-hydrogen) atoms. The molecule has 0 aromatic heterocycles. The fourth-order valence-corrected chi connectivity index (χ4v) is 4.73. The smallest absolute Gasteiger partial charge is 0.0690 e. The summed E-state index contributed by atoms with van der Waals surface area (Å²) in [7, 11) is 0. The highest BCUT2D eigenvalue weighted by atomic mass is 16.5. The quantitative estimate of drug-likeness (QED) is 0.788. The zero-order valence-corrected chi connectivity index (χ0v) is 11.5. The molecular formula is C15H27NO2. The van der Waals surface area contributed by atoms with E-state index in [2.05, 4.69) is 12.2 Å². The first kappa shape index (κ1) is 12.9. The molecule has 104 valence electrons. The predicted octanol–water partition coefficient (Wildman–Crippen LogP) is 2.08. The normalized spacial score (nSPS) is 38.7. The molecule has 4 unspecified atom stereocenters. The van der Waals surface area contributed by atoms with E-state index in [9.17, 15) is 0 Å². The third-order valence-electron chi connectivity index (χ3n) is 5.55. The van der Waals surface area contributed by atoms with Crippen molar-refractivity contribution in [2.45, 2.75) is 70.1 Å². The molecule has 1 spiro atoms. The zero-order chi connectivity index (χ0) is 12.6. The SMILES string of the molecule is CC(CCCO)NC1C2CCOC2C12CCCC2. The molecule has 0 amide bonds. The number of hydrogen-bond donors (Lipinski definition) is 2. The van der Waals surface area contributed by atoms with Crippen molar-refractivity contribution in [3.8, 4) is 0 Å². The maximum absolute atomic E-state index is 8.93. The minimum Gasteiger partial charge on any atom is -0.396 e. The highest BCUT2D eigenvalue weighted by Gasteiger charge is 2.64. The second-order valence-corrected chi connectivity index (χ2v) is 6.60. The molecular weight excluding hydrogens is 226 g/mol. The van der Waals surface area contributed by atoms with Crippen LogP contribution in [0.25, 0.3) is 0 Å². The summed E-state index contributed by atoms with van der Waals surface area (Å²) in [5, 5.41) is 12.8. The van der Waals surface area contributed by atoms with Gasteiger partial charge in [-0.15, -0.1) is 0 Å². The summed E-state index contributed by atoms with van der Waals surface area (Å²) in [5.74, 6) is 0.764. The van der Waals surface area contributed by atoms with Crippen molar-refractivity contribution >= 4 is 0 Å². The van der Waals surface area contributed by atoms with Gasteiger partial charge in [0.05, 0.1) is 6.10 Å². The molecule has 1 heterocycles. The molecule has 3 fully saturated rings. The number of fused-ring (bicyclic) bond motifs is 2. The lowest BCUT2D eigenvalue weighted by Gasteiger charge is -2.58. The van der Waals surface area contributed by atoms with Gasteiger partial charge < -0.3 is 15.2 Å². The minimum atomic E-state index is 0.316. The molecule has 0 aromatic carbocycles. The maximum atomic E-state index is 8.93. The van der Waals surface area contributed by atoms with Crippen LogP contribution in [0.1, 0.15) is 51.9 Å². The second-order valence-electron chi connectivity index (χ2n) is 6.60. The summed E-state index contributed by atoms with van der Waals surface area (Å²) in [6, 6.07) is 1.21. The average molecular weight is 253 g/mol. The zero-order valence-electron chi connectivity index (χ0n) is 11.5. The van der Waals surface area contributed by atoms with Gasteiger partial charge in [0.15, 0.2) is 0 Å². The van der Waals surface area contributed by atoms with E-state index in [1.165, 1.54) is 32.1 Å². The van der Waals surface area contributed by atoms with E-state index >= 15 is 0 Å². The van der Waals surface area contributed by atoms with Crippen molar-refractivity contribution in [1.82, 2.24) is 5.32 Å². The lowest BCUT2D eigenvalue weighted by atomic mass is 9.54. The lowest BCUT2D eigenvalue weighted by molar-refractivity contribution is -0.133. The topological polar surface area (TPSA) is 41.5 Å². The molecule has 4 atom stereocenters. The van der Waals surface area contributed by atoms with Gasteiger partial charge >= 0.3 is 0 Å². The number of nitrogens with one attached hydrogen (secondary N) is 1. The summed E-state index contributed by atoms with van der Waals surface area (Å²) in [6.07, 6.45) is 9.29. The largest absolute Gasteiger partial charge is 0.396 e. The van der Waals surface area contributed by atoms with Gasteiger partial charge in [-0.2, -0.15) is 0 Å². The third kappa shape index (κ3) is 1.91. The number of aliphatic hydroxyl groups is 1. The Labute approximate surface area is 110 Å². The first-order valence-corrected chi connectivity index (χ1v) is 7.76. The van der Waals surface area contributed by atoms with Gasteiger partial charge in [0.25, 0.3) is 0 Å². The Kier molecular flexibility index (Phi) is 3.65. The molecule has 1 aliphatic heterocycles. The standard InChI is InChI=1S/C15H27NO2/c1-11(5-4-9-17)16-13-12-6-10-18-14(12)15(13)7-2-3-8-15/h11-14,16-17H,2-10H2,1H3. The predicted molar refractivity (Wildman–Crippen MR) is 71.5 cm³/mol. The van der Waals surface area contributed by atoms with E-state index in [1.807, 2.05) is 0 Å². The number of aliphatic hydroxyl groups excluding tert-OH is 1. The van der Waals surface area contributed by atoms with Gasteiger partial charge in [0.2, 0.25) is 0 Å². The van der Waals surface area contributed by atoms with E-state index in [4.69, 9.17) is 9.84 Å². The minimum absolute atomic E-state index is 0.316. The Morgan fingerprint density at radius 3 is 2.89 bits per heavy atom. The number of rotatable bonds is 5. The molecule has 0 radical (unpaired) electrons. The number of ether oxygens (including phenoxy) is 1. The molecule has 0 aromatic rings. The lowest BCUT2D eigenvalue weighted by Crippen LogP contribution is -2.68. The van der Waals surface area contributed by atoms with Crippen LogP contribution in [0.15, 0.2) is 0 Å². The Hall–Kier alpha value is -0.120. The van der Waals surface area contributed by atoms with Gasteiger partial charge in [-0.05, 0) is 39.0 Å². The second kappa shape index (κ2) is 5.10. The summed E-state index contributed by atoms with van der Waals surface area (Å²) in [5.41, 5.74) is 0.467. The van der Waals surface area contributed by atoms with Crippen molar-refractivity contribution in [2.24, 2.45) is 11.3 Å². The first-order valence-electron chi connectivity index (χ1n) is 7.76. The Balaban J connectivity index is 1.63. The van der Waals surface area contributed by atoms with Crippen LogP contribution in [0.4, 0.5) is 0 Å². The van der Waals surface area contributed by atoms with Crippen LogP contribution in [0.3, 0.4) is 0 Å². The van der Waals surface area contributed by atoms with E-state index < -0.39 is 0 Å². The van der Waals surface area contributed by atoms with Gasteiger partial charge in [0.1, 0.15) is 0 Å². The van der Waals surface area contributed by atoms with Crippen LogP contribution in [0.2, 0.25) is 0 Å². The van der Waals surface area contributed by atoms with E-state index in [0.717, 1.165) is 25.4 Å². The molecule has 1 saturated heterocycles. The Morgan fingerprint density at radius 1 is 1.39 bits per heavy atom. The fraction of sp³-hybridized carbons (Fsp3) is 1.00. The highest BCUT2D eigenvalue weighted by molar-refractivity contribution is 5.16. The van der Waals surface area contributed by atoms with E-state index in [1.54, 1.807) is 0 Å². The van der Waals surface area contributed by atoms with Crippen molar-refractivity contribution in [1.29, 1.82) is 0 Å². The third-order valence-corrected chi connectivity index (χ3v) is 5.55. The summed E-state index contributed by atoms with van der Waals surface area (Å²) in [6.45, 7) is 3.55. The molecule has 3 heteroatoms. The first-order chi connectivity index (χ1) is 8.78. The molecule has 2 N–H and O–H groups in total. The van der Waals surface area contributed by atoms with Crippen molar-refractivity contribution < 1.29 is 9.84 Å². The van der Waals surface area contributed by atoms with Crippen LogP contribution in [0, 0.1) is 11.3 Å². The van der Waals surface area contributed by atoms with E-state index in [-0.39, 0.29) is 0 Å². The van der Waals surface area contributed by atoms with Crippen molar-refractivity contribution in [3.05, 3.63) is 0 Å². The monoisotopic (exact) mass is 253 g/mol. The molecule has 3 rings (SSSR count). The molecule has 3 nitrogen and oxygen atoms in total. The summed E-state index contributed by atoms with van der Waals surface area (Å²) >= 11 is 0. The van der Waals surface area contributed by atoms with Crippen LogP contribution < -0.4 is 5.32 Å². The molecule has 3 aliphatic rings. The summed E-state index contributed by atoms with van der Waals surface area (Å²) < 4.78 is 6.00. The van der Waals surface area contributed by atoms with Gasteiger partial charge in [-0.1, -0.05) is 12.8 Å². The van der Waals surface area contributed by atoms with Crippen LogP contribution >= 0.6 is 0 Å². The maximum Gasteiger partial charge on any atom is 0.0690 e. The van der Waals surface area contributed by atoms with Crippen LogP contribution in [0.5, 0.6) is 0 Å². The molecule has 2 saturated carbocycles. The fourth-order valence-electron chi connectivity index (χ4n) is 4.73. The van der Waals surface area contributed by atoms with Gasteiger partial charge in [0, 0.05) is 36.6 Å². The average Bonchev–Trinajstić information content (AvgIpc) is 3.00. The highest BCUT2D eigenvalue weighted by Crippen LogP contribution is 2.60. The molecule has 2 aliphatic carbocycles. The van der Waals surface area contributed by atoms with Gasteiger partial charge in [-0.25, -0.2) is 0 Å². The summed E-state index contributed by atoms with van der Waals surface area (Å²) in [4.78, 5) is 0. The van der Waals surface area contributed by atoms with Crippen LogP contribution in [-0.4, -0.2) is 36.5 Å². The Morgan fingerprint density at radius 2 is 2.17 bits per heavy atom.